The third kappa shape index (κ3) is 3.50. The molecule has 4 N–H and O–H groups in total. The zero-order valence-electron chi connectivity index (χ0n) is 11.8. The molecule has 1 saturated heterocycles. The first-order chi connectivity index (χ1) is 9.58. The molecule has 1 fully saturated rings. The van der Waals surface area contributed by atoms with Crippen molar-refractivity contribution >= 4 is 11.9 Å². The highest BCUT2D eigenvalue weighted by atomic mass is 16.2. The molecule has 0 aliphatic carbocycles. The number of hydrogen-bond donors (Lipinski definition) is 3. The number of carbonyl (C=O) groups excluding carboxylic acids is 1. The molecule has 5 nitrogen and oxygen atoms in total. The lowest BCUT2D eigenvalue weighted by Gasteiger charge is -2.31. The Morgan fingerprint density at radius 2 is 1.95 bits per heavy atom. The van der Waals surface area contributed by atoms with Crippen LogP contribution in [0, 0.1) is 11.3 Å². The summed E-state index contributed by atoms with van der Waals surface area (Å²) in [5.74, 6) is 0.631. The zero-order chi connectivity index (χ0) is 14.5. The Morgan fingerprint density at radius 3 is 2.50 bits per heavy atom. The number of hydrogen-bond acceptors (Lipinski definition) is 2. The second-order valence-corrected chi connectivity index (χ2v) is 5.42. The molecule has 1 aromatic carbocycles. The van der Waals surface area contributed by atoms with E-state index in [-0.39, 0.29) is 11.9 Å². The van der Waals surface area contributed by atoms with Gasteiger partial charge in [-0.2, -0.15) is 0 Å². The third-order valence-electron chi connectivity index (χ3n) is 3.78. The molecule has 1 aromatic rings. The highest BCUT2D eigenvalue weighted by Crippen LogP contribution is 2.17. The molecule has 1 unspecified atom stereocenters. The van der Waals surface area contributed by atoms with Gasteiger partial charge in [0.15, 0.2) is 0 Å². The van der Waals surface area contributed by atoms with Gasteiger partial charge in [-0.25, -0.2) is 4.79 Å². The Hall–Kier alpha value is -2.04. The fourth-order valence-electron chi connectivity index (χ4n) is 2.41. The van der Waals surface area contributed by atoms with Crippen molar-refractivity contribution in [3.63, 3.8) is 0 Å². The number of amides is 2. The van der Waals surface area contributed by atoms with Crippen LogP contribution in [0.4, 0.5) is 4.79 Å². The van der Waals surface area contributed by atoms with Crippen molar-refractivity contribution < 1.29 is 4.79 Å². The van der Waals surface area contributed by atoms with Crippen molar-refractivity contribution in [2.24, 2.45) is 11.7 Å². The van der Waals surface area contributed by atoms with Crippen molar-refractivity contribution in [1.82, 2.24) is 10.2 Å². The minimum atomic E-state index is -0.553. The van der Waals surface area contributed by atoms with Crippen molar-refractivity contribution in [3.8, 4) is 0 Å². The number of nitrogens with one attached hydrogen (secondary N) is 2. The lowest BCUT2D eigenvalue weighted by molar-refractivity contribution is 0.172. The summed E-state index contributed by atoms with van der Waals surface area (Å²) in [7, 11) is 0. The molecule has 1 atom stereocenters. The van der Waals surface area contributed by atoms with Crippen LogP contribution in [0.25, 0.3) is 0 Å². The molecular weight excluding hydrogens is 252 g/mol. The van der Waals surface area contributed by atoms with E-state index in [4.69, 9.17) is 11.1 Å². The molecule has 1 aliphatic rings. The van der Waals surface area contributed by atoms with Crippen LogP contribution in [-0.4, -0.2) is 29.9 Å². The van der Waals surface area contributed by atoms with Crippen molar-refractivity contribution in [2.45, 2.75) is 25.8 Å². The predicted molar refractivity (Wildman–Crippen MR) is 79.6 cm³/mol. The molecule has 20 heavy (non-hydrogen) atoms. The van der Waals surface area contributed by atoms with Crippen LogP contribution in [0.2, 0.25) is 0 Å². The van der Waals surface area contributed by atoms with Crippen molar-refractivity contribution in [2.75, 3.05) is 13.1 Å². The summed E-state index contributed by atoms with van der Waals surface area (Å²) in [4.78, 5) is 14.1. The number of rotatable bonds is 3. The van der Waals surface area contributed by atoms with Gasteiger partial charge in [-0.05, 0) is 24.3 Å². The maximum atomic E-state index is 12.3. The quantitative estimate of drug-likeness (QED) is 0.582. The van der Waals surface area contributed by atoms with Crippen LogP contribution >= 0.6 is 0 Å². The first-order valence-corrected chi connectivity index (χ1v) is 7.02. The standard InChI is InChI=1S/C15H22N4O/c1-11-7-9-19(10-8-11)15(20)18-13(14(16)17)12-5-3-2-4-6-12/h2-6,11,13H,7-10H2,1H3,(H3,16,17)(H,18,20). The summed E-state index contributed by atoms with van der Waals surface area (Å²) in [6.45, 7) is 3.75. The minimum Gasteiger partial charge on any atom is -0.386 e. The highest BCUT2D eigenvalue weighted by molar-refractivity contribution is 5.88. The maximum Gasteiger partial charge on any atom is 0.318 e. The van der Waals surface area contributed by atoms with Gasteiger partial charge < -0.3 is 16.0 Å². The topological polar surface area (TPSA) is 82.2 Å². The fourth-order valence-corrected chi connectivity index (χ4v) is 2.41. The molecule has 0 bridgehead atoms. The van der Waals surface area contributed by atoms with E-state index >= 15 is 0 Å². The van der Waals surface area contributed by atoms with E-state index < -0.39 is 6.04 Å². The van der Waals surface area contributed by atoms with Gasteiger partial charge in [-0.15, -0.1) is 0 Å². The normalized spacial score (nSPS) is 17.6. The van der Waals surface area contributed by atoms with Gasteiger partial charge in [0.1, 0.15) is 11.9 Å². The lowest BCUT2D eigenvalue weighted by atomic mass is 9.99. The summed E-state index contributed by atoms with van der Waals surface area (Å²) < 4.78 is 0. The molecule has 5 heteroatoms. The Balaban J connectivity index is 2.02. The second-order valence-electron chi connectivity index (χ2n) is 5.42. The van der Waals surface area contributed by atoms with Gasteiger partial charge in [-0.1, -0.05) is 37.3 Å². The zero-order valence-corrected chi connectivity index (χ0v) is 11.8. The number of benzene rings is 1. The SMILES string of the molecule is CC1CCN(C(=O)NC(C(=N)N)c2ccccc2)CC1. The summed E-state index contributed by atoms with van der Waals surface area (Å²) >= 11 is 0. The van der Waals surface area contributed by atoms with Crippen molar-refractivity contribution in [1.29, 1.82) is 5.41 Å². The smallest absolute Gasteiger partial charge is 0.318 e. The van der Waals surface area contributed by atoms with E-state index in [9.17, 15) is 4.79 Å². The van der Waals surface area contributed by atoms with Gasteiger partial charge >= 0.3 is 6.03 Å². The number of amidine groups is 1. The monoisotopic (exact) mass is 274 g/mol. The minimum absolute atomic E-state index is 0.0464. The van der Waals surface area contributed by atoms with Gasteiger partial charge in [-0.3, -0.25) is 5.41 Å². The predicted octanol–water partition coefficient (Wildman–Crippen LogP) is 2.11. The number of piperidine rings is 1. The van der Waals surface area contributed by atoms with Crippen LogP contribution in [0.1, 0.15) is 31.4 Å². The summed E-state index contributed by atoms with van der Waals surface area (Å²) in [6, 6.07) is 8.69. The summed E-state index contributed by atoms with van der Waals surface area (Å²) in [5, 5.41) is 10.5. The highest BCUT2D eigenvalue weighted by Gasteiger charge is 2.24. The Kier molecular flexibility index (Phi) is 4.61. The molecule has 1 heterocycles. The van der Waals surface area contributed by atoms with E-state index in [1.807, 2.05) is 30.3 Å². The number of carbonyl (C=O) groups is 1. The number of nitrogens with two attached hydrogens (primary N) is 1. The second kappa shape index (κ2) is 6.41. The van der Waals surface area contributed by atoms with E-state index in [2.05, 4.69) is 12.2 Å². The van der Waals surface area contributed by atoms with E-state index in [1.165, 1.54) is 0 Å². The first kappa shape index (κ1) is 14.4. The Morgan fingerprint density at radius 1 is 1.35 bits per heavy atom. The third-order valence-corrected chi connectivity index (χ3v) is 3.78. The van der Waals surface area contributed by atoms with Gasteiger partial charge in [0.2, 0.25) is 0 Å². The fraction of sp³-hybridized carbons (Fsp3) is 0.467. The van der Waals surface area contributed by atoms with Gasteiger partial charge in [0.05, 0.1) is 0 Å². The molecule has 2 amide bonds. The van der Waals surface area contributed by atoms with Gasteiger partial charge in [0, 0.05) is 13.1 Å². The largest absolute Gasteiger partial charge is 0.386 e. The molecule has 0 saturated carbocycles. The maximum absolute atomic E-state index is 12.3. The van der Waals surface area contributed by atoms with Crippen LogP contribution in [0.5, 0.6) is 0 Å². The van der Waals surface area contributed by atoms with E-state index in [1.54, 1.807) is 4.90 Å². The number of urea groups is 1. The van der Waals surface area contributed by atoms with Crippen LogP contribution in [0.15, 0.2) is 30.3 Å². The van der Waals surface area contributed by atoms with Crippen molar-refractivity contribution in [3.05, 3.63) is 35.9 Å². The number of likely N-dealkylation sites (tertiary alicyclic amines) is 1. The molecule has 108 valence electrons. The molecule has 1 aliphatic heterocycles. The molecule has 0 aromatic heterocycles. The molecular formula is C15H22N4O. The average Bonchev–Trinajstić information content (AvgIpc) is 2.46. The van der Waals surface area contributed by atoms with Gasteiger partial charge in [0.25, 0.3) is 0 Å². The average molecular weight is 274 g/mol. The Bertz CT molecular complexity index is 466. The lowest BCUT2D eigenvalue weighted by Crippen LogP contribution is -2.47. The van der Waals surface area contributed by atoms with E-state index in [0.717, 1.165) is 31.5 Å². The molecule has 0 spiro atoms. The van der Waals surface area contributed by atoms with Crippen LogP contribution < -0.4 is 11.1 Å². The number of nitrogens with zero attached hydrogens (tertiary/aromatic N) is 1. The Labute approximate surface area is 119 Å². The first-order valence-electron chi connectivity index (χ1n) is 7.02. The molecule has 0 radical (unpaired) electrons. The summed E-state index contributed by atoms with van der Waals surface area (Å²) in [5.41, 5.74) is 6.45. The van der Waals surface area contributed by atoms with Crippen LogP contribution in [0.3, 0.4) is 0 Å². The van der Waals surface area contributed by atoms with E-state index in [0.29, 0.717) is 5.92 Å². The van der Waals surface area contributed by atoms with Crippen LogP contribution in [-0.2, 0) is 0 Å². The summed E-state index contributed by atoms with van der Waals surface area (Å²) in [6.07, 6.45) is 2.06. The molecule has 2 rings (SSSR count).